The van der Waals surface area contributed by atoms with Crippen LogP contribution in [0.4, 0.5) is 11.8 Å². The molecule has 1 atom stereocenters. The van der Waals surface area contributed by atoms with Gasteiger partial charge in [0.1, 0.15) is 0 Å². The van der Waals surface area contributed by atoms with Crippen molar-refractivity contribution in [3.05, 3.63) is 33.8 Å². The summed E-state index contributed by atoms with van der Waals surface area (Å²) in [6.45, 7) is 2.17. The normalized spacial score (nSPS) is 12.6. The van der Waals surface area contributed by atoms with Gasteiger partial charge in [-0.05, 0) is 29.8 Å². The molecule has 0 aliphatic rings. The Bertz CT molecular complexity index is 707. The van der Waals surface area contributed by atoms with Gasteiger partial charge in [-0.15, -0.1) is 22.7 Å². The smallest absolute Gasteiger partial charge is 0.239 e. The number of aromatic nitrogens is 2. The molecule has 0 radical (unpaired) electrons. The third-order valence-corrected chi connectivity index (χ3v) is 5.23. The molecular weight excluding hydrogens is 290 g/mol. The number of hydrazine groups is 1. The topological polar surface area (TPSA) is 67.1 Å². The fourth-order valence-corrected chi connectivity index (χ4v) is 3.74. The predicted octanol–water partition coefficient (Wildman–Crippen LogP) is 3.24. The van der Waals surface area contributed by atoms with Gasteiger partial charge in [-0.25, -0.2) is 10.8 Å². The van der Waals surface area contributed by atoms with Gasteiger partial charge in [-0.2, -0.15) is 4.98 Å². The monoisotopic (exact) mass is 305 g/mol. The van der Waals surface area contributed by atoms with E-state index in [0.717, 1.165) is 16.0 Å². The molecule has 0 bridgehead atoms. The van der Waals surface area contributed by atoms with E-state index in [-0.39, 0.29) is 6.04 Å². The van der Waals surface area contributed by atoms with Crippen LogP contribution in [0.25, 0.3) is 10.2 Å². The van der Waals surface area contributed by atoms with E-state index in [2.05, 4.69) is 44.7 Å². The minimum Gasteiger partial charge on any atom is -0.351 e. The average molecular weight is 305 g/mol. The van der Waals surface area contributed by atoms with Gasteiger partial charge >= 0.3 is 0 Å². The third kappa shape index (κ3) is 2.24. The van der Waals surface area contributed by atoms with E-state index in [1.54, 1.807) is 22.7 Å². The standard InChI is InChI=1S/C13H15N5S2/c1-8(10-4-3-6-19-10)18(2)12-11-9(5-7-20-11)15-13(16-12)17-14/h3-8H,14H2,1-2H3,(H,15,16,17). The van der Waals surface area contributed by atoms with E-state index < -0.39 is 0 Å². The van der Waals surface area contributed by atoms with Gasteiger partial charge in [0.15, 0.2) is 5.82 Å². The molecule has 3 rings (SSSR count). The molecule has 20 heavy (non-hydrogen) atoms. The second-order valence-corrected chi connectivity index (χ2v) is 6.35. The number of fused-ring (bicyclic) bond motifs is 1. The Balaban J connectivity index is 2.06. The molecule has 3 heterocycles. The van der Waals surface area contributed by atoms with Crippen LogP contribution in [0.15, 0.2) is 29.0 Å². The van der Waals surface area contributed by atoms with Crippen molar-refractivity contribution in [2.24, 2.45) is 5.84 Å². The molecule has 0 amide bonds. The zero-order valence-corrected chi connectivity index (χ0v) is 12.8. The molecule has 5 nitrogen and oxygen atoms in total. The summed E-state index contributed by atoms with van der Waals surface area (Å²) in [7, 11) is 2.05. The highest BCUT2D eigenvalue weighted by atomic mass is 32.1. The predicted molar refractivity (Wildman–Crippen MR) is 86.4 cm³/mol. The average Bonchev–Trinajstić information content (AvgIpc) is 3.15. The van der Waals surface area contributed by atoms with Crippen LogP contribution < -0.4 is 16.2 Å². The number of rotatable bonds is 4. The lowest BCUT2D eigenvalue weighted by Crippen LogP contribution is -2.23. The van der Waals surface area contributed by atoms with E-state index in [9.17, 15) is 0 Å². The number of nitrogens with zero attached hydrogens (tertiary/aromatic N) is 3. The minimum absolute atomic E-state index is 0.251. The van der Waals surface area contributed by atoms with Crippen LogP contribution in [0.1, 0.15) is 17.8 Å². The highest BCUT2D eigenvalue weighted by molar-refractivity contribution is 7.17. The summed E-state index contributed by atoms with van der Waals surface area (Å²) in [6, 6.07) is 6.44. The summed E-state index contributed by atoms with van der Waals surface area (Å²) in [4.78, 5) is 12.3. The Kier molecular flexibility index (Phi) is 3.56. The quantitative estimate of drug-likeness (QED) is 0.572. The molecule has 104 valence electrons. The number of nitrogen functional groups attached to an aromatic ring is 1. The van der Waals surface area contributed by atoms with Crippen molar-refractivity contribution >= 4 is 44.7 Å². The van der Waals surface area contributed by atoms with Gasteiger partial charge in [0.05, 0.1) is 16.3 Å². The Morgan fingerprint density at radius 2 is 2.10 bits per heavy atom. The number of nitrogens with one attached hydrogen (secondary N) is 1. The van der Waals surface area contributed by atoms with Crippen LogP contribution in [0, 0.1) is 0 Å². The Morgan fingerprint density at radius 1 is 1.25 bits per heavy atom. The summed E-state index contributed by atoms with van der Waals surface area (Å²) in [6.07, 6.45) is 0. The van der Waals surface area contributed by atoms with Crippen molar-refractivity contribution in [3.8, 4) is 0 Å². The maximum absolute atomic E-state index is 5.46. The van der Waals surface area contributed by atoms with Crippen molar-refractivity contribution in [3.63, 3.8) is 0 Å². The Morgan fingerprint density at radius 3 is 2.80 bits per heavy atom. The van der Waals surface area contributed by atoms with Crippen LogP contribution in [0.2, 0.25) is 0 Å². The highest BCUT2D eigenvalue weighted by Gasteiger charge is 2.19. The minimum atomic E-state index is 0.251. The molecular formula is C13H15N5S2. The molecule has 1 unspecified atom stereocenters. The van der Waals surface area contributed by atoms with Crippen LogP contribution >= 0.6 is 22.7 Å². The van der Waals surface area contributed by atoms with Gasteiger partial charge < -0.3 is 4.90 Å². The molecule has 3 aromatic heterocycles. The van der Waals surface area contributed by atoms with Gasteiger partial charge in [0, 0.05) is 11.9 Å². The first-order chi connectivity index (χ1) is 9.70. The number of hydrogen-bond donors (Lipinski definition) is 2. The summed E-state index contributed by atoms with van der Waals surface area (Å²) >= 11 is 3.39. The fourth-order valence-electron chi connectivity index (χ4n) is 2.05. The number of anilines is 2. The first kappa shape index (κ1) is 13.3. The summed E-state index contributed by atoms with van der Waals surface area (Å²) in [5, 5.41) is 4.11. The van der Waals surface area contributed by atoms with E-state index >= 15 is 0 Å². The van der Waals surface area contributed by atoms with Gasteiger partial charge in [0.25, 0.3) is 0 Å². The Labute approximate surface area is 125 Å². The second kappa shape index (κ2) is 5.35. The zero-order chi connectivity index (χ0) is 14.1. The maximum atomic E-state index is 5.46. The molecule has 0 saturated carbocycles. The van der Waals surface area contributed by atoms with E-state index in [1.807, 2.05) is 18.5 Å². The SMILES string of the molecule is CC(c1cccs1)N(C)c1nc(NN)nc2ccsc12. The molecule has 0 aromatic carbocycles. The summed E-state index contributed by atoms with van der Waals surface area (Å²) in [5.41, 5.74) is 3.45. The Hall–Kier alpha value is -1.70. The molecule has 0 spiro atoms. The number of thiophene rings is 2. The van der Waals surface area contributed by atoms with Crippen molar-refractivity contribution < 1.29 is 0 Å². The van der Waals surface area contributed by atoms with Gasteiger partial charge in [-0.3, -0.25) is 5.43 Å². The largest absolute Gasteiger partial charge is 0.351 e. The molecule has 0 saturated heterocycles. The van der Waals surface area contributed by atoms with Gasteiger partial charge in [0.2, 0.25) is 5.95 Å². The van der Waals surface area contributed by atoms with E-state index in [4.69, 9.17) is 5.84 Å². The lowest BCUT2D eigenvalue weighted by Gasteiger charge is -2.25. The lowest BCUT2D eigenvalue weighted by molar-refractivity contribution is 0.745. The molecule has 3 aromatic rings. The summed E-state index contributed by atoms with van der Waals surface area (Å²) < 4.78 is 1.08. The third-order valence-electron chi connectivity index (χ3n) is 3.28. The maximum Gasteiger partial charge on any atom is 0.239 e. The summed E-state index contributed by atoms with van der Waals surface area (Å²) in [5.74, 6) is 6.80. The fraction of sp³-hybridized carbons (Fsp3) is 0.231. The zero-order valence-electron chi connectivity index (χ0n) is 11.2. The number of hydrogen-bond acceptors (Lipinski definition) is 7. The molecule has 0 aliphatic carbocycles. The highest BCUT2D eigenvalue weighted by Crippen LogP contribution is 2.34. The van der Waals surface area contributed by atoms with E-state index in [0.29, 0.717) is 5.95 Å². The van der Waals surface area contributed by atoms with Crippen molar-refractivity contribution in [1.29, 1.82) is 0 Å². The van der Waals surface area contributed by atoms with Crippen LogP contribution in [0.3, 0.4) is 0 Å². The van der Waals surface area contributed by atoms with Crippen molar-refractivity contribution in [2.45, 2.75) is 13.0 Å². The molecule has 7 heteroatoms. The first-order valence-corrected chi connectivity index (χ1v) is 7.94. The van der Waals surface area contributed by atoms with Crippen molar-refractivity contribution in [2.75, 3.05) is 17.4 Å². The van der Waals surface area contributed by atoms with E-state index in [1.165, 1.54) is 4.88 Å². The van der Waals surface area contributed by atoms with Crippen LogP contribution in [-0.2, 0) is 0 Å². The molecule has 0 aliphatic heterocycles. The van der Waals surface area contributed by atoms with Crippen LogP contribution in [-0.4, -0.2) is 17.0 Å². The van der Waals surface area contributed by atoms with Gasteiger partial charge in [-0.1, -0.05) is 6.07 Å². The lowest BCUT2D eigenvalue weighted by atomic mass is 10.2. The second-order valence-electron chi connectivity index (χ2n) is 4.45. The molecule has 0 fully saturated rings. The number of nitrogens with two attached hydrogens (primary N) is 1. The van der Waals surface area contributed by atoms with Crippen LogP contribution in [0.5, 0.6) is 0 Å². The first-order valence-electron chi connectivity index (χ1n) is 6.19. The van der Waals surface area contributed by atoms with Crippen molar-refractivity contribution in [1.82, 2.24) is 9.97 Å². The molecule has 3 N–H and O–H groups in total.